The Balaban J connectivity index is 2.09. The van der Waals surface area contributed by atoms with Crippen molar-refractivity contribution in [1.82, 2.24) is 10.2 Å². The second-order valence-electron chi connectivity index (χ2n) is 6.93. The Morgan fingerprint density at radius 1 is 1.44 bits per heavy atom. The molecule has 2 heterocycles. The van der Waals surface area contributed by atoms with Gasteiger partial charge in [-0.3, -0.25) is 9.69 Å². The van der Waals surface area contributed by atoms with Crippen LogP contribution in [0.5, 0.6) is 0 Å². The average molecular weight is 254 g/mol. The minimum atomic E-state index is -0.432. The number of likely N-dealkylation sites (tertiary alicyclic amines) is 1. The first-order chi connectivity index (χ1) is 8.29. The summed E-state index contributed by atoms with van der Waals surface area (Å²) in [5.41, 5.74) is -0.266. The van der Waals surface area contributed by atoms with Gasteiger partial charge in [-0.25, -0.2) is 0 Å². The van der Waals surface area contributed by atoms with Crippen LogP contribution in [0.15, 0.2) is 0 Å². The van der Waals surface area contributed by atoms with Crippen molar-refractivity contribution in [1.29, 1.82) is 0 Å². The Kier molecular flexibility index (Phi) is 3.45. The van der Waals surface area contributed by atoms with Gasteiger partial charge in [0.2, 0.25) is 0 Å². The van der Waals surface area contributed by atoms with Gasteiger partial charge in [-0.15, -0.1) is 0 Å². The third kappa shape index (κ3) is 2.16. The summed E-state index contributed by atoms with van der Waals surface area (Å²) in [6, 6.07) is 0. The van der Waals surface area contributed by atoms with E-state index < -0.39 is 5.41 Å². The molecule has 104 valence electrons. The first-order valence-corrected chi connectivity index (χ1v) is 6.83. The molecule has 4 nitrogen and oxygen atoms in total. The summed E-state index contributed by atoms with van der Waals surface area (Å²) in [5.74, 6) is 1.31. The van der Waals surface area contributed by atoms with E-state index in [-0.39, 0.29) is 11.5 Å². The van der Waals surface area contributed by atoms with Crippen LogP contribution >= 0.6 is 0 Å². The first-order valence-electron chi connectivity index (χ1n) is 6.83. The van der Waals surface area contributed by atoms with E-state index >= 15 is 0 Å². The number of esters is 1. The lowest BCUT2D eigenvalue weighted by molar-refractivity contribution is -0.152. The van der Waals surface area contributed by atoms with Crippen molar-refractivity contribution >= 4 is 5.97 Å². The smallest absolute Gasteiger partial charge is 0.312 e. The number of methoxy groups -OCH3 is 1. The fourth-order valence-electron chi connectivity index (χ4n) is 3.59. The summed E-state index contributed by atoms with van der Waals surface area (Å²) >= 11 is 0. The molecule has 0 amide bonds. The predicted molar refractivity (Wildman–Crippen MR) is 71.3 cm³/mol. The quantitative estimate of drug-likeness (QED) is 0.766. The third-order valence-electron chi connectivity index (χ3n) is 4.84. The molecule has 1 N–H and O–H groups in total. The highest BCUT2D eigenvalue weighted by Crippen LogP contribution is 2.41. The van der Waals surface area contributed by atoms with Gasteiger partial charge in [-0.05, 0) is 46.1 Å². The van der Waals surface area contributed by atoms with Crippen molar-refractivity contribution in [3.05, 3.63) is 0 Å². The van der Waals surface area contributed by atoms with Crippen LogP contribution in [0.3, 0.4) is 0 Å². The van der Waals surface area contributed by atoms with E-state index in [0.29, 0.717) is 5.92 Å². The maximum atomic E-state index is 11.8. The molecule has 2 saturated heterocycles. The van der Waals surface area contributed by atoms with Gasteiger partial charge in [0.1, 0.15) is 0 Å². The SMILES string of the molecule is COC(=O)C(C)(C)CN1CC2CNCC2C1(C)C. The van der Waals surface area contributed by atoms with E-state index in [2.05, 4.69) is 24.1 Å². The van der Waals surface area contributed by atoms with Crippen molar-refractivity contribution in [2.45, 2.75) is 33.2 Å². The number of rotatable bonds is 3. The number of hydrogen-bond acceptors (Lipinski definition) is 4. The average Bonchev–Trinajstić information content (AvgIpc) is 2.82. The van der Waals surface area contributed by atoms with Crippen LogP contribution in [0.25, 0.3) is 0 Å². The topological polar surface area (TPSA) is 41.6 Å². The molecule has 0 radical (unpaired) electrons. The van der Waals surface area contributed by atoms with Crippen LogP contribution < -0.4 is 5.32 Å². The molecule has 4 heteroatoms. The van der Waals surface area contributed by atoms with Crippen LogP contribution in [0.4, 0.5) is 0 Å². The van der Waals surface area contributed by atoms with Gasteiger partial charge < -0.3 is 10.1 Å². The molecule has 2 aliphatic rings. The van der Waals surface area contributed by atoms with Crippen LogP contribution in [0.1, 0.15) is 27.7 Å². The minimum absolute atomic E-state index is 0.117. The molecular weight excluding hydrogens is 228 g/mol. The number of hydrogen-bond donors (Lipinski definition) is 1. The lowest BCUT2D eigenvalue weighted by Crippen LogP contribution is -2.49. The molecule has 2 aliphatic heterocycles. The van der Waals surface area contributed by atoms with Gasteiger partial charge in [-0.1, -0.05) is 0 Å². The molecule has 2 fully saturated rings. The molecule has 0 aromatic carbocycles. The molecule has 0 aromatic heterocycles. The third-order valence-corrected chi connectivity index (χ3v) is 4.84. The van der Waals surface area contributed by atoms with Gasteiger partial charge in [-0.2, -0.15) is 0 Å². The number of nitrogens with zero attached hydrogens (tertiary/aromatic N) is 1. The van der Waals surface area contributed by atoms with Gasteiger partial charge in [0.05, 0.1) is 12.5 Å². The number of fused-ring (bicyclic) bond motifs is 1. The molecule has 2 rings (SSSR count). The molecule has 2 atom stereocenters. The monoisotopic (exact) mass is 254 g/mol. The van der Waals surface area contributed by atoms with Crippen molar-refractivity contribution in [3.63, 3.8) is 0 Å². The number of nitrogens with one attached hydrogen (secondary N) is 1. The van der Waals surface area contributed by atoms with E-state index in [9.17, 15) is 4.79 Å². The normalized spacial score (nSPS) is 31.4. The maximum Gasteiger partial charge on any atom is 0.312 e. The first kappa shape index (κ1) is 13.8. The Hall–Kier alpha value is -0.610. The fraction of sp³-hybridized carbons (Fsp3) is 0.929. The molecule has 0 aliphatic carbocycles. The van der Waals surface area contributed by atoms with Crippen LogP contribution in [0.2, 0.25) is 0 Å². The zero-order valence-corrected chi connectivity index (χ0v) is 12.2. The van der Waals surface area contributed by atoms with Gasteiger partial charge in [0.25, 0.3) is 0 Å². The van der Waals surface area contributed by atoms with Crippen LogP contribution in [-0.4, -0.2) is 49.7 Å². The van der Waals surface area contributed by atoms with Crippen molar-refractivity contribution in [2.75, 3.05) is 33.3 Å². The minimum Gasteiger partial charge on any atom is -0.469 e. The molecule has 0 aromatic rings. The Morgan fingerprint density at radius 2 is 2.11 bits per heavy atom. The van der Waals surface area contributed by atoms with E-state index in [1.807, 2.05) is 13.8 Å². The Bertz CT molecular complexity index is 339. The fourth-order valence-corrected chi connectivity index (χ4v) is 3.59. The number of ether oxygens (including phenoxy) is 1. The largest absolute Gasteiger partial charge is 0.469 e. The summed E-state index contributed by atoms with van der Waals surface area (Å²) in [6.07, 6.45) is 0. The second-order valence-corrected chi connectivity index (χ2v) is 6.93. The van der Waals surface area contributed by atoms with Gasteiger partial charge >= 0.3 is 5.97 Å². The summed E-state index contributed by atoms with van der Waals surface area (Å²) in [6.45, 7) is 12.6. The standard InChI is InChI=1S/C14H26N2O2/c1-13(2,12(17)18-5)9-16-8-10-6-15-7-11(10)14(16,3)4/h10-11,15H,6-9H2,1-5H3. The second kappa shape index (κ2) is 4.49. The van der Waals surface area contributed by atoms with Gasteiger partial charge in [0, 0.05) is 25.2 Å². The zero-order chi connectivity index (χ0) is 13.6. The van der Waals surface area contributed by atoms with E-state index in [1.165, 1.54) is 7.11 Å². The van der Waals surface area contributed by atoms with Crippen LogP contribution in [0, 0.1) is 17.3 Å². The lowest BCUT2D eigenvalue weighted by Gasteiger charge is -2.39. The molecular formula is C14H26N2O2. The maximum absolute atomic E-state index is 11.8. The highest BCUT2D eigenvalue weighted by molar-refractivity contribution is 5.76. The van der Waals surface area contributed by atoms with Crippen molar-refractivity contribution in [2.24, 2.45) is 17.3 Å². The Morgan fingerprint density at radius 3 is 2.67 bits per heavy atom. The molecule has 0 bridgehead atoms. The zero-order valence-electron chi connectivity index (χ0n) is 12.2. The predicted octanol–water partition coefficient (Wildman–Crippen LogP) is 1.12. The van der Waals surface area contributed by atoms with E-state index in [1.54, 1.807) is 0 Å². The molecule has 0 saturated carbocycles. The van der Waals surface area contributed by atoms with E-state index in [0.717, 1.165) is 32.1 Å². The summed E-state index contributed by atoms with van der Waals surface area (Å²) in [7, 11) is 1.47. The summed E-state index contributed by atoms with van der Waals surface area (Å²) < 4.78 is 4.91. The van der Waals surface area contributed by atoms with E-state index in [4.69, 9.17) is 4.74 Å². The molecule has 0 spiro atoms. The van der Waals surface area contributed by atoms with Crippen molar-refractivity contribution < 1.29 is 9.53 Å². The van der Waals surface area contributed by atoms with Gasteiger partial charge in [0.15, 0.2) is 0 Å². The van der Waals surface area contributed by atoms with Crippen molar-refractivity contribution in [3.8, 4) is 0 Å². The highest BCUT2D eigenvalue weighted by atomic mass is 16.5. The lowest BCUT2D eigenvalue weighted by atomic mass is 9.84. The molecule has 2 unspecified atom stereocenters. The number of carbonyl (C=O) groups is 1. The highest BCUT2D eigenvalue weighted by Gasteiger charge is 2.51. The molecule has 18 heavy (non-hydrogen) atoms. The Labute approximate surface area is 110 Å². The number of carbonyl (C=O) groups excluding carboxylic acids is 1. The van der Waals surface area contributed by atoms with Crippen LogP contribution in [-0.2, 0) is 9.53 Å². The summed E-state index contributed by atoms with van der Waals surface area (Å²) in [4.78, 5) is 14.3. The summed E-state index contributed by atoms with van der Waals surface area (Å²) in [5, 5.41) is 3.48.